The lowest BCUT2D eigenvalue weighted by Crippen LogP contribution is -2.30. The van der Waals surface area contributed by atoms with Gasteiger partial charge in [-0.1, -0.05) is 18.2 Å². The van der Waals surface area contributed by atoms with Crippen LogP contribution in [0.1, 0.15) is 22.8 Å². The number of ether oxygens (including phenoxy) is 1. The van der Waals surface area contributed by atoms with Crippen molar-refractivity contribution in [3.8, 4) is 0 Å². The smallest absolute Gasteiger partial charge is 0.338 e. The predicted molar refractivity (Wildman–Crippen MR) is 92.5 cm³/mol. The van der Waals surface area contributed by atoms with Crippen molar-refractivity contribution in [1.29, 1.82) is 0 Å². The standard InChI is InChI=1S/C17H18N2O5S/c1-11-5-3-7-14(9-11)19-16(20)12(2)24-17(21)13-6-4-8-15(10-13)25(18,22)23/h3-10,12H,1-2H3,(H,19,20)(H2,18,22,23)/t12-/m0/s1. The summed E-state index contributed by atoms with van der Waals surface area (Å²) in [6.45, 7) is 3.31. The van der Waals surface area contributed by atoms with Gasteiger partial charge in [0, 0.05) is 5.69 Å². The molecule has 8 heteroatoms. The third-order valence-corrected chi connectivity index (χ3v) is 4.25. The first-order valence-electron chi connectivity index (χ1n) is 7.38. The van der Waals surface area contributed by atoms with E-state index < -0.39 is 28.0 Å². The molecule has 0 saturated heterocycles. The second-order valence-electron chi connectivity index (χ2n) is 5.48. The molecule has 0 radical (unpaired) electrons. The largest absolute Gasteiger partial charge is 0.449 e. The first-order chi connectivity index (χ1) is 11.7. The molecular weight excluding hydrogens is 344 g/mol. The van der Waals surface area contributed by atoms with Gasteiger partial charge < -0.3 is 10.1 Å². The van der Waals surface area contributed by atoms with E-state index in [0.717, 1.165) is 11.6 Å². The average Bonchev–Trinajstić information content (AvgIpc) is 2.54. The van der Waals surface area contributed by atoms with Crippen LogP contribution in [-0.2, 0) is 19.6 Å². The highest BCUT2D eigenvalue weighted by atomic mass is 32.2. The van der Waals surface area contributed by atoms with Gasteiger partial charge in [0.2, 0.25) is 10.0 Å². The molecule has 1 amide bonds. The third-order valence-electron chi connectivity index (χ3n) is 3.34. The van der Waals surface area contributed by atoms with E-state index in [9.17, 15) is 18.0 Å². The number of carbonyl (C=O) groups is 2. The molecule has 132 valence electrons. The van der Waals surface area contributed by atoms with E-state index in [1.54, 1.807) is 18.2 Å². The molecule has 0 fully saturated rings. The van der Waals surface area contributed by atoms with Gasteiger partial charge in [-0.05, 0) is 49.7 Å². The molecule has 0 bridgehead atoms. The van der Waals surface area contributed by atoms with Crippen molar-refractivity contribution in [1.82, 2.24) is 0 Å². The number of sulfonamides is 1. The molecule has 25 heavy (non-hydrogen) atoms. The van der Waals surface area contributed by atoms with Gasteiger partial charge in [-0.3, -0.25) is 4.79 Å². The Morgan fingerprint density at radius 3 is 2.44 bits per heavy atom. The molecule has 0 aromatic heterocycles. The topological polar surface area (TPSA) is 116 Å². The first-order valence-corrected chi connectivity index (χ1v) is 8.93. The van der Waals surface area contributed by atoms with Crippen LogP contribution in [0.25, 0.3) is 0 Å². The maximum absolute atomic E-state index is 12.1. The number of nitrogens with two attached hydrogens (primary N) is 1. The number of carbonyl (C=O) groups excluding carboxylic acids is 2. The summed E-state index contributed by atoms with van der Waals surface area (Å²) in [7, 11) is -3.94. The molecule has 0 spiro atoms. The number of primary sulfonamides is 1. The highest BCUT2D eigenvalue weighted by molar-refractivity contribution is 7.89. The van der Waals surface area contributed by atoms with E-state index in [-0.39, 0.29) is 10.5 Å². The normalized spacial score (nSPS) is 12.3. The van der Waals surface area contributed by atoms with Gasteiger partial charge in [-0.25, -0.2) is 18.4 Å². The summed E-state index contributed by atoms with van der Waals surface area (Å²) in [6.07, 6.45) is -1.06. The van der Waals surface area contributed by atoms with Crippen molar-refractivity contribution in [3.05, 3.63) is 59.7 Å². The summed E-state index contributed by atoms with van der Waals surface area (Å²) >= 11 is 0. The van der Waals surface area contributed by atoms with E-state index in [2.05, 4.69) is 5.32 Å². The van der Waals surface area contributed by atoms with Crippen LogP contribution in [-0.4, -0.2) is 26.4 Å². The number of benzene rings is 2. The Balaban J connectivity index is 2.06. The zero-order valence-corrected chi connectivity index (χ0v) is 14.5. The quantitative estimate of drug-likeness (QED) is 0.787. The van der Waals surface area contributed by atoms with Gasteiger partial charge in [-0.2, -0.15) is 0 Å². The maximum Gasteiger partial charge on any atom is 0.338 e. The fraction of sp³-hybridized carbons (Fsp3) is 0.176. The van der Waals surface area contributed by atoms with Crippen LogP contribution < -0.4 is 10.5 Å². The minimum Gasteiger partial charge on any atom is -0.449 e. The molecule has 7 nitrogen and oxygen atoms in total. The number of nitrogens with one attached hydrogen (secondary N) is 1. The van der Waals surface area contributed by atoms with E-state index in [4.69, 9.17) is 9.88 Å². The molecule has 0 heterocycles. The lowest BCUT2D eigenvalue weighted by molar-refractivity contribution is -0.123. The molecule has 2 rings (SSSR count). The van der Waals surface area contributed by atoms with Gasteiger partial charge in [0.05, 0.1) is 10.5 Å². The number of amides is 1. The molecule has 1 atom stereocenters. The molecule has 3 N–H and O–H groups in total. The average molecular weight is 362 g/mol. The summed E-state index contributed by atoms with van der Waals surface area (Å²) in [6, 6.07) is 12.3. The van der Waals surface area contributed by atoms with Gasteiger partial charge in [0.25, 0.3) is 5.91 Å². The molecule has 0 aliphatic rings. The van der Waals surface area contributed by atoms with Crippen LogP contribution in [0.2, 0.25) is 0 Å². The fourth-order valence-electron chi connectivity index (χ4n) is 2.05. The summed E-state index contributed by atoms with van der Waals surface area (Å²) in [4.78, 5) is 24.0. The lowest BCUT2D eigenvalue weighted by atomic mass is 10.2. The molecule has 2 aromatic carbocycles. The van der Waals surface area contributed by atoms with E-state index in [1.165, 1.54) is 25.1 Å². The number of anilines is 1. The number of aryl methyl sites for hydroxylation is 1. The van der Waals surface area contributed by atoms with Gasteiger partial charge in [0.1, 0.15) is 0 Å². The summed E-state index contributed by atoms with van der Waals surface area (Å²) in [5.41, 5.74) is 1.55. The molecule has 2 aromatic rings. The summed E-state index contributed by atoms with van der Waals surface area (Å²) < 4.78 is 27.7. The van der Waals surface area contributed by atoms with Gasteiger partial charge in [0.15, 0.2) is 6.10 Å². The number of esters is 1. The Hall–Kier alpha value is -2.71. The van der Waals surface area contributed by atoms with Crippen molar-refractivity contribution < 1.29 is 22.7 Å². The van der Waals surface area contributed by atoms with Crippen LogP contribution in [0.15, 0.2) is 53.4 Å². The van der Waals surface area contributed by atoms with Crippen molar-refractivity contribution in [2.75, 3.05) is 5.32 Å². The van der Waals surface area contributed by atoms with Crippen molar-refractivity contribution in [3.63, 3.8) is 0 Å². The predicted octanol–water partition coefficient (Wildman–Crippen LogP) is 1.83. The van der Waals surface area contributed by atoms with Crippen LogP contribution >= 0.6 is 0 Å². The highest BCUT2D eigenvalue weighted by Crippen LogP contribution is 2.13. The Kier molecular flexibility index (Phi) is 5.55. The van der Waals surface area contributed by atoms with Gasteiger partial charge in [-0.15, -0.1) is 0 Å². The summed E-state index contributed by atoms with van der Waals surface area (Å²) in [5.74, 6) is -1.32. The second kappa shape index (κ2) is 7.45. The lowest BCUT2D eigenvalue weighted by Gasteiger charge is -2.14. The Bertz CT molecular complexity index is 909. The molecule has 0 unspecified atom stereocenters. The SMILES string of the molecule is Cc1cccc(NC(=O)[C@H](C)OC(=O)c2cccc(S(N)(=O)=O)c2)c1. The fourth-order valence-corrected chi connectivity index (χ4v) is 2.61. The van der Waals surface area contributed by atoms with Crippen molar-refractivity contribution >= 4 is 27.6 Å². The second-order valence-corrected chi connectivity index (χ2v) is 7.04. The number of rotatable bonds is 5. The Labute approximate surface area is 145 Å². The molecule has 0 saturated carbocycles. The van der Waals surface area contributed by atoms with Crippen LogP contribution in [0.4, 0.5) is 5.69 Å². The maximum atomic E-state index is 12.1. The van der Waals surface area contributed by atoms with E-state index in [0.29, 0.717) is 5.69 Å². The molecular formula is C17H18N2O5S. The Morgan fingerprint density at radius 2 is 1.80 bits per heavy atom. The number of hydrogen-bond donors (Lipinski definition) is 2. The van der Waals surface area contributed by atoms with Crippen LogP contribution in [0, 0.1) is 6.92 Å². The number of hydrogen-bond acceptors (Lipinski definition) is 5. The Morgan fingerprint density at radius 1 is 1.12 bits per heavy atom. The first kappa shape index (κ1) is 18.6. The molecule has 0 aliphatic carbocycles. The van der Waals surface area contributed by atoms with E-state index in [1.807, 2.05) is 13.0 Å². The van der Waals surface area contributed by atoms with Gasteiger partial charge >= 0.3 is 5.97 Å². The highest BCUT2D eigenvalue weighted by Gasteiger charge is 2.20. The minimum absolute atomic E-state index is 0.0123. The minimum atomic E-state index is -3.94. The molecule has 0 aliphatic heterocycles. The third kappa shape index (κ3) is 5.13. The summed E-state index contributed by atoms with van der Waals surface area (Å²) in [5, 5.41) is 7.67. The zero-order valence-electron chi connectivity index (χ0n) is 13.7. The van der Waals surface area contributed by atoms with Crippen molar-refractivity contribution in [2.24, 2.45) is 5.14 Å². The van der Waals surface area contributed by atoms with Crippen LogP contribution in [0.5, 0.6) is 0 Å². The monoisotopic (exact) mass is 362 g/mol. The van der Waals surface area contributed by atoms with Crippen molar-refractivity contribution in [2.45, 2.75) is 24.8 Å². The zero-order chi connectivity index (χ0) is 18.6. The van der Waals surface area contributed by atoms with E-state index >= 15 is 0 Å². The van der Waals surface area contributed by atoms with Crippen LogP contribution in [0.3, 0.4) is 0 Å².